The van der Waals surface area contributed by atoms with Crippen molar-refractivity contribution >= 4 is 43.5 Å². The molecule has 28 heavy (non-hydrogen) atoms. The van der Waals surface area contributed by atoms with E-state index in [0.717, 1.165) is 4.31 Å². The normalized spacial score (nSPS) is 11.8. The van der Waals surface area contributed by atoms with Gasteiger partial charge in [0.1, 0.15) is 5.52 Å². The number of hydrogen-bond acceptors (Lipinski definition) is 4. The van der Waals surface area contributed by atoms with E-state index < -0.39 is 21.6 Å². The van der Waals surface area contributed by atoms with Gasteiger partial charge in [-0.1, -0.05) is 18.2 Å². The van der Waals surface area contributed by atoms with Gasteiger partial charge in [-0.3, -0.25) is 9.10 Å². The molecule has 3 N–H and O–H groups in total. The van der Waals surface area contributed by atoms with Gasteiger partial charge in [-0.25, -0.2) is 13.2 Å². The van der Waals surface area contributed by atoms with Crippen LogP contribution in [0.2, 0.25) is 0 Å². The van der Waals surface area contributed by atoms with Crippen LogP contribution in [0.25, 0.3) is 21.8 Å². The van der Waals surface area contributed by atoms with E-state index in [4.69, 9.17) is 0 Å². The molecule has 0 amide bonds. The Hall–Kier alpha value is -3.59. The van der Waals surface area contributed by atoms with Gasteiger partial charge in [0.15, 0.2) is 0 Å². The number of rotatable bonds is 4. The van der Waals surface area contributed by atoms with E-state index in [9.17, 15) is 23.1 Å². The molecule has 142 valence electrons. The number of aromatic amines is 2. The van der Waals surface area contributed by atoms with Crippen molar-refractivity contribution in [2.75, 3.05) is 11.4 Å². The Morgan fingerprint density at radius 2 is 1.82 bits per heavy atom. The summed E-state index contributed by atoms with van der Waals surface area (Å²) in [4.78, 5) is 29.2. The Balaban J connectivity index is 1.96. The predicted molar refractivity (Wildman–Crippen MR) is 105 cm³/mol. The van der Waals surface area contributed by atoms with E-state index in [1.807, 2.05) is 0 Å². The summed E-state index contributed by atoms with van der Waals surface area (Å²) in [5.74, 6) is -1.19. The highest BCUT2D eigenvalue weighted by atomic mass is 32.2. The molecule has 0 saturated heterocycles. The molecule has 2 aromatic carbocycles. The number of nitrogens with zero attached hydrogens (tertiary/aromatic N) is 1. The van der Waals surface area contributed by atoms with Gasteiger partial charge in [0.25, 0.3) is 15.6 Å². The standard InChI is InChI=1S/C19H15N3O5S/c1-22(28(26,27)12-5-3-2-4-6-12)11-7-8-15-13(9-11)16-14(19(24)25)10-20-17(16)18(23)21-15/h2-10,20H,1H3,(H,21,23)(H,24,25). The number of sulfonamides is 1. The zero-order valence-corrected chi connectivity index (χ0v) is 15.4. The summed E-state index contributed by atoms with van der Waals surface area (Å²) in [6.45, 7) is 0. The second kappa shape index (κ2) is 6.24. The Kier molecular flexibility index (Phi) is 3.97. The third kappa shape index (κ3) is 2.64. The van der Waals surface area contributed by atoms with Gasteiger partial charge >= 0.3 is 5.97 Å². The molecule has 0 aliphatic heterocycles. The lowest BCUT2D eigenvalue weighted by Crippen LogP contribution is -2.26. The van der Waals surface area contributed by atoms with Gasteiger partial charge in [0, 0.05) is 29.5 Å². The third-order valence-corrected chi connectivity index (χ3v) is 6.42. The smallest absolute Gasteiger partial charge is 0.337 e. The number of pyridine rings is 1. The van der Waals surface area contributed by atoms with Gasteiger partial charge in [-0.2, -0.15) is 0 Å². The monoisotopic (exact) mass is 397 g/mol. The van der Waals surface area contributed by atoms with Crippen LogP contribution in [0.1, 0.15) is 10.4 Å². The molecule has 0 atom stereocenters. The molecule has 0 aliphatic carbocycles. The van der Waals surface area contributed by atoms with E-state index in [0.29, 0.717) is 16.6 Å². The molecule has 4 aromatic rings. The summed E-state index contributed by atoms with van der Waals surface area (Å²) in [6, 6.07) is 12.6. The first-order valence-electron chi connectivity index (χ1n) is 8.25. The van der Waals surface area contributed by atoms with Crippen LogP contribution in [0.4, 0.5) is 5.69 Å². The molecule has 2 heterocycles. The van der Waals surface area contributed by atoms with Crippen molar-refractivity contribution in [2.45, 2.75) is 4.90 Å². The summed E-state index contributed by atoms with van der Waals surface area (Å²) < 4.78 is 26.9. The molecular formula is C19H15N3O5S. The molecule has 9 heteroatoms. The van der Waals surface area contributed by atoms with Crippen molar-refractivity contribution in [1.29, 1.82) is 0 Å². The Bertz CT molecular complexity index is 1390. The molecule has 4 rings (SSSR count). The summed E-state index contributed by atoms with van der Waals surface area (Å²) in [7, 11) is -2.38. The number of carboxylic acids is 1. The highest BCUT2D eigenvalue weighted by Gasteiger charge is 2.22. The van der Waals surface area contributed by atoms with Crippen molar-refractivity contribution < 1.29 is 18.3 Å². The molecule has 0 aliphatic rings. The van der Waals surface area contributed by atoms with Gasteiger partial charge in [-0.15, -0.1) is 0 Å². The number of benzene rings is 2. The van der Waals surface area contributed by atoms with E-state index in [1.54, 1.807) is 36.4 Å². The van der Waals surface area contributed by atoms with Crippen molar-refractivity contribution in [3.63, 3.8) is 0 Å². The number of carboxylic acid groups (broad SMARTS) is 1. The van der Waals surface area contributed by atoms with E-state index in [2.05, 4.69) is 9.97 Å². The minimum absolute atomic E-state index is 0.0585. The number of carbonyl (C=O) groups is 1. The van der Waals surface area contributed by atoms with Crippen LogP contribution in [-0.4, -0.2) is 36.5 Å². The van der Waals surface area contributed by atoms with Crippen LogP contribution < -0.4 is 9.86 Å². The van der Waals surface area contributed by atoms with Crippen molar-refractivity contribution in [2.24, 2.45) is 0 Å². The number of H-pyrrole nitrogens is 2. The fourth-order valence-electron chi connectivity index (χ4n) is 3.17. The summed E-state index contributed by atoms with van der Waals surface area (Å²) >= 11 is 0. The number of aromatic nitrogens is 2. The van der Waals surface area contributed by atoms with E-state index in [1.165, 1.54) is 25.4 Å². The predicted octanol–water partition coefficient (Wildman–Crippen LogP) is 2.53. The summed E-state index contributed by atoms with van der Waals surface area (Å²) in [5, 5.41) is 10.1. The van der Waals surface area contributed by atoms with Crippen LogP contribution in [0.5, 0.6) is 0 Å². The number of aromatic carboxylic acids is 1. The van der Waals surface area contributed by atoms with Gasteiger partial charge in [0.05, 0.1) is 16.1 Å². The maximum Gasteiger partial charge on any atom is 0.337 e. The van der Waals surface area contributed by atoms with Crippen LogP contribution >= 0.6 is 0 Å². The first-order valence-corrected chi connectivity index (χ1v) is 9.69. The average Bonchev–Trinajstić information content (AvgIpc) is 3.14. The molecular weight excluding hydrogens is 382 g/mol. The second-order valence-corrected chi connectivity index (χ2v) is 8.20. The average molecular weight is 397 g/mol. The summed E-state index contributed by atoms with van der Waals surface area (Å²) in [5.41, 5.74) is 0.358. The van der Waals surface area contributed by atoms with Gasteiger partial charge < -0.3 is 15.1 Å². The minimum atomic E-state index is -3.80. The number of fused-ring (bicyclic) bond motifs is 3. The lowest BCUT2D eigenvalue weighted by atomic mass is 10.1. The van der Waals surface area contributed by atoms with Crippen LogP contribution in [-0.2, 0) is 10.0 Å². The summed E-state index contributed by atoms with van der Waals surface area (Å²) in [6.07, 6.45) is 1.25. The third-order valence-electron chi connectivity index (χ3n) is 4.62. The van der Waals surface area contributed by atoms with Crippen LogP contribution in [0.15, 0.2) is 64.4 Å². The highest BCUT2D eigenvalue weighted by molar-refractivity contribution is 7.92. The van der Waals surface area contributed by atoms with E-state index in [-0.39, 0.29) is 21.4 Å². The number of anilines is 1. The molecule has 2 aromatic heterocycles. The Labute approximate surface area is 159 Å². The molecule has 0 fully saturated rings. The maximum atomic E-state index is 12.9. The SMILES string of the molecule is CN(c1ccc2[nH]c(=O)c3[nH]cc(C(=O)O)c3c2c1)S(=O)(=O)c1ccccc1. The Morgan fingerprint density at radius 1 is 1.11 bits per heavy atom. The fraction of sp³-hybridized carbons (Fsp3) is 0.0526. The molecule has 0 saturated carbocycles. The van der Waals surface area contributed by atoms with Gasteiger partial charge in [0.2, 0.25) is 0 Å². The fourth-order valence-corrected chi connectivity index (χ4v) is 4.38. The number of nitrogens with one attached hydrogen (secondary N) is 2. The lowest BCUT2D eigenvalue weighted by Gasteiger charge is -2.20. The quantitative estimate of drug-likeness (QED) is 0.488. The molecule has 0 spiro atoms. The minimum Gasteiger partial charge on any atom is -0.478 e. The number of hydrogen-bond donors (Lipinski definition) is 3. The lowest BCUT2D eigenvalue weighted by molar-refractivity contribution is 0.0699. The molecule has 8 nitrogen and oxygen atoms in total. The molecule has 0 bridgehead atoms. The molecule has 0 radical (unpaired) electrons. The zero-order valence-electron chi connectivity index (χ0n) is 14.6. The van der Waals surface area contributed by atoms with Crippen molar-refractivity contribution in [3.05, 3.63) is 70.6 Å². The first kappa shape index (κ1) is 17.8. The zero-order chi connectivity index (χ0) is 20.1. The highest BCUT2D eigenvalue weighted by Crippen LogP contribution is 2.30. The topological polar surface area (TPSA) is 123 Å². The second-order valence-electron chi connectivity index (χ2n) is 6.23. The van der Waals surface area contributed by atoms with Crippen LogP contribution in [0, 0.1) is 0 Å². The van der Waals surface area contributed by atoms with Crippen LogP contribution in [0.3, 0.4) is 0 Å². The van der Waals surface area contributed by atoms with Crippen molar-refractivity contribution in [1.82, 2.24) is 9.97 Å². The van der Waals surface area contributed by atoms with Crippen molar-refractivity contribution in [3.8, 4) is 0 Å². The van der Waals surface area contributed by atoms with Gasteiger partial charge in [-0.05, 0) is 30.3 Å². The van der Waals surface area contributed by atoms with E-state index >= 15 is 0 Å². The Morgan fingerprint density at radius 3 is 2.50 bits per heavy atom. The largest absolute Gasteiger partial charge is 0.478 e. The first-order chi connectivity index (χ1) is 13.3. The molecule has 0 unspecified atom stereocenters. The maximum absolute atomic E-state index is 12.9.